The molecule has 10 nitrogen and oxygen atoms in total. The third-order valence-corrected chi connectivity index (χ3v) is 7.85. The predicted octanol–water partition coefficient (Wildman–Crippen LogP) is 3.93. The summed E-state index contributed by atoms with van der Waals surface area (Å²) < 4.78 is 16.6. The van der Waals surface area contributed by atoms with E-state index in [2.05, 4.69) is 46.1 Å². The van der Waals surface area contributed by atoms with Crippen LogP contribution in [0.2, 0.25) is 0 Å². The topological polar surface area (TPSA) is 98.5 Å². The summed E-state index contributed by atoms with van der Waals surface area (Å²) in [4.78, 5) is 28.8. The van der Waals surface area contributed by atoms with Crippen LogP contribution in [0.15, 0.2) is 43.0 Å². The van der Waals surface area contributed by atoms with Gasteiger partial charge in [-0.2, -0.15) is 10.2 Å². The Labute approximate surface area is 220 Å². The lowest BCUT2D eigenvalue weighted by Gasteiger charge is -2.31. The summed E-state index contributed by atoms with van der Waals surface area (Å²) in [7, 11) is 2.15. The number of benzene rings is 1. The minimum Gasteiger partial charge on any atom is -0.322 e. The van der Waals surface area contributed by atoms with Gasteiger partial charge in [0.2, 0.25) is 0 Å². The molecule has 0 saturated carbocycles. The van der Waals surface area contributed by atoms with E-state index in [1.807, 2.05) is 28.1 Å². The van der Waals surface area contributed by atoms with Crippen LogP contribution in [0.3, 0.4) is 0 Å². The molecule has 2 aliphatic heterocycles. The maximum absolute atomic E-state index is 15.0. The maximum Gasteiger partial charge on any atom is 0.326 e. The van der Waals surface area contributed by atoms with E-state index in [1.165, 1.54) is 12.4 Å². The van der Waals surface area contributed by atoms with E-state index in [9.17, 15) is 9.18 Å². The number of anilines is 1. The molecule has 1 atom stereocenters. The molecule has 2 saturated heterocycles. The smallest absolute Gasteiger partial charge is 0.322 e. The summed E-state index contributed by atoms with van der Waals surface area (Å²) in [5.74, 6) is 1.32. The molecule has 0 spiro atoms. The Morgan fingerprint density at radius 3 is 2.68 bits per heavy atom. The van der Waals surface area contributed by atoms with Gasteiger partial charge in [0.15, 0.2) is 11.5 Å². The highest BCUT2D eigenvalue weighted by atomic mass is 19.1. The Balaban J connectivity index is 1.31. The van der Waals surface area contributed by atoms with Crippen LogP contribution < -0.4 is 4.90 Å². The van der Waals surface area contributed by atoms with Crippen molar-refractivity contribution < 1.29 is 9.18 Å². The molecule has 0 radical (unpaired) electrons. The lowest BCUT2D eigenvalue weighted by molar-refractivity contribution is 0.173. The number of likely N-dealkylation sites (tertiary alicyclic amines) is 1. The Kier molecular flexibility index (Phi) is 6.30. The first kappa shape index (κ1) is 24.5. The van der Waals surface area contributed by atoms with E-state index in [-0.39, 0.29) is 18.0 Å². The van der Waals surface area contributed by atoms with Gasteiger partial charge in [-0.15, -0.1) is 0 Å². The second-order valence-corrected chi connectivity index (χ2v) is 10.8. The van der Waals surface area contributed by atoms with Crippen molar-refractivity contribution in [1.82, 2.24) is 39.6 Å². The number of fused-ring (bicyclic) bond motifs is 1. The maximum atomic E-state index is 15.0. The SMILES string of the molecule is CC(C)C1CN(CC2CCN(C)CC2)C(=O)N1c1ccn2ncc(-c3ccc(-c4ncn[nH]4)c(F)c3)c2n1. The number of hydrogen-bond acceptors (Lipinski definition) is 6. The minimum absolute atomic E-state index is 0.00278. The molecule has 3 aromatic heterocycles. The van der Waals surface area contributed by atoms with E-state index < -0.39 is 5.82 Å². The summed E-state index contributed by atoms with van der Waals surface area (Å²) in [6.45, 7) is 7.91. The lowest BCUT2D eigenvalue weighted by atomic mass is 9.96. The molecular formula is C27H32FN9O. The van der Waals surface area contributed by atoms with Crippen molar-refractivity contribution in [3.63, 3.8) is 0 Å². The summed E-state index contributed by atoms with van der Waals surface area (Å²) in [6, 6.07) is 6.79. The van der Waals surface area contributed by atoms with Crippen molar-refractivity contribution in [2.75, 3.05) is 38.1 Å². The van der Waals surface area contributed by atoms with Crippen LogP contribution in [-0.2, 0) is 0 Å². The molecule has 2 amide bonds. The van der Waals surface area contributed by atoms with Crippen molar-refractivity contribution in [2.45, 2.75) is 32.7 Å². The Morgan fingerprint density at radius 1 is 1.16 bits per heavy atom. The largest absolute Gasteiger partial charge is 0.326 e. The van der Waals surface area contributed by atoms with Gasteiger partial charge in [0.05, 0.1) is 17.8 Å². The van der Waals surface area contributed by atoms with E-state index in [4.69, 9.17) is 4.98 Å². The Bertz CT molecular complexity index is 1440. The number of H-pyrrole nitrogens is 1. The zero-order chi connectivity index (χ0) is 26.4. The number of nitrogens with zero attached hydrogens (tertiary/aromatic N) is 8. The first-order valence-corrected chi connectivity index (χ1v) is 13.2. The van der Waals surface area contributed by atoms with Crippen molar-refractivity contribution in [3.05, 3.63) is 48.8 Å². The number of nitrogens with one attached hydrogen (secondary N) is 1. The quantitative estimate of drug-likeness (QED) is 0.416. The molecule has 4 aromatic rings. The van der Waals surface area contributed by atoms with Gasteiger partial charge in [0, 0.05) is 24.8 Å². The highest BCUT2D eigenvalue weighted by Crippen LogP contribution is 2.32. The van der Waals surface area contributed by atoms with Crippen molar-refractivity contribution in [1.29, 1.82) is 0 Å². The molecule has 6 rings (SSSR count). The second-order valence-electron chi connectivity index (χ2n) is 10.8. The molecule has 0 aliphatic carbocycles. The normalized spacial score (nSPS) is 19.4. The first-order valence-electron chi connectivity index (χ1n) is 13.2. The minimum atomic E-state index is -0.422. The molecule has 0 bridgehead atoms. The third-order valence-electron chi connectivity index (χ3n) is 7.85. The van der Waals surface area contributed by atoms with Gasteiger partial charge in [0.25, 0.3) is 0 Å². The van der Waals surface area contributed by atoms with Crippen LogP contribution in [-0.4, -0.2) is 84.9 Å². The highest BCUT2D eigenvalue weighted by Gasteiger charge is 2.41. The van der Waals surface area contributed by atoms with Crippen molar-refractivity contribution in [2.24, 2.45) is 11.8 Å². The number of rotatable bonds is 6. The van der Waals surface area contributed by atoms with Crippen LogP contribution in [0, 0.1) is 17.7 Å². The number of aromatic nitrogens is 6. The van der Waals surface area contributed by atoms with Gasteiger partial charge in [-0.3, -0.25) is 10.00 Å². The molecule has 1 aromatic carbocycles. The van der Waals surface area contributed by atoms with Gasteiger partial charge in [-0.05, 0) is 68.6 Å². The zero-order valence-corrected chi connectivity index (χ0v) is 21.9. The van der Waals surface area contributed by atoms with Gasteiger partial charge < -0.3 is 9.80 Å². The van der Waals surface area contributed by atoms with Crippen LogP contribution in [0.1, 0.15) is 26.7 Å². The summed E-state index contributed by atoms with van der Waals surface area (Å²) >= 11 is 0. The number of amides is 2. The number of piperidine rings is 1. The van der Waals surface area contributed by atoms with E-state index >= 15 is 0 Å². The van der Waals surface area contributed by atoms with Crippen LogP contribution in [0.25, 0.3) is 28.2 Å². The average Bonchev–Trinajstić information content (AvgIpc) is 3.65. The number of carbonyl (C=O) groups is 1. The van der Waals surface area contributed by atoms with Crippen molar-refractivity contribution in [3.8, 4) is 22.5 Å². The summed E-state index contributed by atoms with van der Waals surface area (Å²) in [5, 5.41) is 10.9. The van der Waals surface area contributed by atoms with E-state index in [0.29, 0.717) is 46.4 Å². The van der Waals surface area contributed by atoms with Gasteiger partial charge in [-0.25, -0.2) is 23.7 Å². The molecule has 2 aliphatic rings. The molecule has 198 valence electrons. The predicted molar refractivity (Wildman–Crippen MR) is 142 cm³/mol. The summed E-state index contributed by atoms with van der Waals surface area (Å²) in [6.07, 6.45) is 7.06. The molecule has 38 heavy (non-hydrogen) atoms. The Hall–Kier alpha value is -3.86. The number of urea groups is 1. The fourth-order valence-corrected chi connectivity index (χ4v) is 5.57. The second kappa shape index (κ2) is 9.79. The lowest BCUT2D eigenvalue weighted by Crippen LogP contribution is -2.40. The molecule has 1 unspecified atom stereocenters. The fraction of sp³-hybridized carbons (Fsp3) is 0.444. The van der Waals surface area contributed by atoms with Gasteiger partial charge in [0.1, 0.15) is 18.0 Å². The number of hydrogen-bond donors (Lipinski definition) is 1. The van der Waals surface area contributed by atoms with Crippen LogP contribution in [0.4, 0.5) is 15.0 Å². The Morgan fingerprint density at radius 2 is 1.97 bits per heavy atom. The molecular weight excluding hydrogens is 485 g/mol. The van der Waals surface area contributed by atoms with E-state index in [1.54, 1.807) is 16.8 Å². The highest BCUT2D eigenvalue weighted by molar-refractivity contribution is 5.94. The van der Waals surface area contributed by atoms with Crippen LogP contribution in [0.5, 0.6) is 0 Å². The number of halogens is 1. The van der Waals surface area contributed by atoms with E-state index in [0.717, 1.165) is 32.5 Å². The molecule has 11 heteroatoms. The van der Waals surface area contributed by atoms with Gasteiger partial charge in [-0.1, -0.05) is 19.9 Å². The third kappa shape index (κ3) is 4.40. The van der Waals surface area contributed by atoms with Crippen LogP contribution >= 0.6 is 0 Å². The molecule has 5 heterocycles. The standard InChI is InChI=1S/C27H32FN9O/c1-17(2)23-15-35(14-18-6-9-34(3)10-7-18)27(38)37(23)24-8-11-36-26(32-24)21(13-31-36)19-4-5-20(22(28)12-19)25-29-16-30-33-25/h4-5,8,11-13,16-18,23H,6-7,9-10,14-15H2,1-3H3,(H,29,30,33). The first-order chi connectivity index (χ1) is 18.4. The average molecular weight is 518 g/mol. The molecule has 2 fully saturated rings. The molecule has 1 N–H and O–H groups in total. The number of aromatic amines is 1. The zero-order valence-electron chi connectivity index (χ0n) is 21.9. The monoisotopic (exact) mass is 517 g/mol. The fourth-order valence-electron chi connectivity index (χ4n) is 5.57. The summed E-state index contributed by atoms with van der Waals surface area (Å²) in [5.41, 5.74) is 2.23. The van der Waals surface area contributed by atoms with Gasteiger partial charge >= 0.3 is 6.03 Å². The van der Waals surface area contributed by atoms with Crippen molar-refractivity contribution >= 4 is 17.5 Å². The number of carbonyl (C=O) groups excluding carboxylic acids is 1.